The van der Waals surface area contributed by atoms with Crippen LogP contribution in [-0.2, 0) is 11.3 Å². The largest absolute Gasteiger partial charge is 0.351 e. The van der Waals surface area contributed by atoms with Gasteiger partial charge >= 0.3 is 0 Å². The lowest BCUT2D eigenvalue weighted by Crippen LogP contribution is -2.29. The van der Waals surface area contributed by atoms with Crippen LogP contribution in [0.4, 0.5) is 0 Å². The molecule has 4 rings (SSSR count). The highest BCUT2D eigenvalue weighted by molar-refractivity contribution is 5.87. The number of nitrogens with zero attached hydrogens (tertiary/aromatic N) is 1. The highest BCUT2D eigenvalue weighted by atomic mass is 16.1. The van der Waals surface area contributed by atoms with Gasteiger partial charge < -0.3 is 9.88 Å². The summed E-state index contributed by atoms with van der Waals surface area (Å²) in [7, 11) is 0. The van der Waals surface area contributed by atoms with Crippen LogP contribution in [0, 0.1) is 0 Å². The normalized spacial score (nSPS) is 10.8. The van der Waals surface area contributed by atoms with Crippen LogP contribution in [0.2, 0.25) is 0 Å². The van der Waals surface area contributed by atoms with Gasteiger partial charge in [-0.15, -0.1) is 0 Å². The smallest absolute Gasteiger partial charge is 0.232 e. The molecule has 0 aliphatic heterocycles. The fourth-order valence-corrected chi connectivity index (χ4v) is 3.37. The topological polar surface area (TPSA) is 34.0 Å². The van der Waals surface area contributed by atoms with Gasteiger partial charge in [0.15, 0.2) is 0 Å². The molecule has 0 bridgehead atoms. The van der Waals surface area contributed by atoms with Gasteiger partial charge in [0.2, 0.25) is 5.91 Å². The summed E-state index contributed by atoms with van der Waals surface area (Å²) in [4.78, 5) is 13.1. The monoisotopic (exact) mass is 366 g/mol. The molecule has 138 valence electrons. The fourth-order valence-electron chi connectivity index (χ4n) is 3.37. The Morgan fingerprint density at radius 2 is 1.25 bits per heavy atom. The third-order valence-electron chi connectivity index (χ3n) is 4.83. The minimum atomic E-state index is -0.318. The molecule has 1 aromatic heterocycles. The zero-order valence-electron chi connectivity index (χ0n) is 15.5. The molecule has 0 spiro atoms. The van der Waals surface area contributed by atoms with Crippen molar-refractivity contribution in [2.75, 3.05) is 0 Å². The van der Waals surface area contributed by atoms with Crippen molar-refractivity contribution in [1.82, 2.24) is 9.88 Å². The molecule has 1 heterocycles. The van der Waals surface area contributed by atoms with Crippen molar-refractivity contribution in [3.63, 3.8) is 0 Å². The molecule has 3 heteroatoms. The van der Waals surface area contributed by atoms with Crippen LogP contribution < -0.4 is 5.32 Å². The molecule has 1 N–H and O–H groups in total. The summed E-state index contributed by atoms with van der Waals surface area (Å²) in [6.07, 6.45) is 4.03. The minimum absolute atomic E-state index is 0.00638. The molecule has 28 heavy (non-hydrogen) atoms. The van der Waals surface area contributed by atoms with Gasteiger partial charge in [-0.2, -0.15) is 0 Å². The van der Waals surface area contributed by atoms with Crippen molar-refractivity contribution in [1.29, 1.82) is 0 Å². The van der Waals surface area contributed by atoms with Gasteiger partial charge in [-0.1, -0.05) is 72.8 Å². The van der Waals surface area contributed by atoms with Gasteiger partial charge in [-0.3, -0.25) is 4.79 Å². The van der Waals surface area contributed by atoms with E-state index in [-0.39, 0.29) is 11.8 Å². The molecule has 0 aliphatic carbocycles. The van der Waals surface area contributed by atoms with E-state index in [4.69, 9.17) is 0 Å². The molecule has 0 saturated carbocycles. The molecule has 0 fully saturated rings. The molecule has 0 saturated heterocycles. The first-order valence-corrected chi connectivity index (χ1v) is 9.41. The second-order valence-corrected chi connectivity index (χ2v) is 6.73. The number of aromatic nitrogens is 1. The van der Waals surface area contributed by atoms with Crippen LogP contribution >= 0.6 is 0 Å². The maximum atomic E-state index is 13.1. The number of nitrogens with one attached hydrogen (secondary N) is 1. The van der Waals surface area contributed by atoms with Crippen molar-refractivity contribution in [3.8, 4) is 5.69 Å². The van der Waals surface area contributed by atoms with Crippen LogP contribution in [0.25, 0.3) is 5.69 Å². The molecule has 0 radical (unpaired) electrons. The minimum Gasteiger partial charge on any atom is -0.351 e. The Labute approximate surface area is 165 Å². The van der Waals surface area contributed by atoms with E-state index >= 15 is 0 Å². The van der Waals surface area contributed by atoms with E-state index in [2.05, 4.69) is 34.1 Å². The third-order valence-corrected chi connectivity index (χ3v) is 4.83. The Morgan fingerprint density at radius 1 is 0.714 bits per heavy atom. The average Bonchev–Trinajstić information content (AvgIpc) is 3.29. The number of benzene rings is 3. The molecule has 3 aromatic carbocycles. The highest BCUT2D eigenvalue weighted by Crippen LogP contribution is 2.24. The summed E-state index contributed by atoms with van der Waals surface area (Å²) >= 11 is 0. The van der Waals surface area contributed by atoms with E-state index in [0.29, 0.717) is 6.54 Å². The van der Waals surface area contributed by atoms with Gasteiger partial charge in [-0.05, 0) is 41.0 Å². The van der Waals surface area contributed by atoms with Crippen molar-refractivity contribution >= 4 is 5.91 Å². The zero-order chi connectivity index (χ0) is 19.2. The molecular formula is C25H22N2O. The lowest BCUT2D eigenvalue weighted by atomic mass is 9.90. The van der Waals surface area contributed by atoms with Gasteiger partial charge in [0.05, 0.1) is 5.92 Å². The number of amides is 1. The number of hydrogen-bond acceptors (Lipinski definition) is 1. The SMILES string of the molecule is O=C(NCc1ccc(-n2cccc2)cc1)C(c1ccccc1)c1ccccc1. The average molecular weight is 366 g/mol. The summed E-state index contributed by atoms with van der Waals surface area (Å²) in [5.41, 5.74) is 4.17. The first-order chi connectivity index (χ1) is 13.8. The van der Waals surface area contributed by atoms with Crippen molar-refractivity contribution in [3.05, 3.63) is 126 Å². The van der Waals surface area contributed by atoms with Crippen LogP contribution in [0.5, 0.6) is 0 Å². The maximum absolute atomic E-state index is 13.1. The van der Waals surface area contributed by atoms with Gasteiger partial charge in [0.25, 0.3) is 0 Å². The summed E-state index contributed by atoms with van der Waals surface area (Å²) in [5, 5.41) is 3.10. The van der Waals surface area contributed by atoms with Crippen LogP contribution in [0.3, 0.4) is 0 Å². The van der Waals surface area contributed by atoms with E-state index in [0.717, 1.165) is 22.4 Å². The van der Waals surface area contributed by atoms with Crippen molar-refractivity contribution < 1.29 is 4.79 Å². The number of carbonyl (C=O) groups excluding carboxylic acids is 1. The highest BCUT2D eigenvalue weighted by Gasteiger charge is 2.22. The lowest BCUT2D eigenvalue weighted by Gasteiger charge is -2.18. The Balaban J connectivity index is 1.49. The summed E-state index contributed by atoms with van der Waals surface area (Å²) in [6.45, 7) is 0.501. The number of carbonyl (C=O) groups is 1. The second-order valence-electron chi connectivity index (χ2n) is 6.73. The molecule has 0 aliphatic rings. The van der Waals surface area contributed by atoms with Gasteiger partial charge in [-0.25, -0.2) is 0 Å². The Bertz CT molecular complexity index is 968. The summed E-state index contributed by atoms with van der Waals surface area (Å²) < 4.78 is 2.06. The van der Waals surface area contributed by atoms with Crippen LogP contribution in [0.1, 0.15) is 22.6 Å². The fraction of sp³-hybridized carbons (Fsp3) is 0.0800. The van der Waals surface area contributed by atoms with Gasteiger partial charge in [0.1, 0.15) is 0 Å². The lowest BCUT2D eigenvalue weighted by molar-refractivity contribution is -0.121. The predicted octanol–water partition coefficient (Wildman–Crippen LogP) is 4.93. The standard InChI is InChI=1S/C25H22N2O/c28-25(24(21-9-3-1-4-10-21)22-11-5-2-6-12-22)26-19-20-13-15-23(16-14-20)27-17-7-8-18-27/h1-18,24H,19H2,(H,26,28). The first kappa shape index (κ1) is 17.8. The van der Waals surface area contributed by atoms with Crippen molar-refractivity contribution in [2.45, 2.75) is 12.5 Å². The van der Waals surface area contributed by atoms with E-state index in [9.17, 15) is 4.79 Å². The molecule has 1 amide bonds. The Hall–Kier alpha value is -3.59. The third kappa shape index (κ3) is 4.04. The molecule has 4 aromatic rings. The Kier molecular flexibility index (Phi) is 5.34. The van der Waals surface area contributed by atoms with Crippen LogP contribution in [0.15, 0.2) is 109 Å². The summed E-state index contributed by atoms with van der Waals surface area (Å²) in [5.74, 6) is -0.312. The van der Waals surface area contributed by atoms with Gasteiger partial charge in [0, 0.05) is 24.6 Å². The summed E-state index contributed by atoms with van der Waals surface area (Å²) in [6, 6.07) is 32.1. The van der Waals surface area contributed by atoms with E-state index in [1.807, 2.05) is 85.2 Å². The second kappa shape index (κ2) is 8.40. The van der Waals surface area contributed by atoms with E-state index in [1.54, 1.807) is 0 Å². The van der Waals surface area contributed by atoms with E-state index in [1.165, 1.54) is 0 Å². The molecule has 0 unspecified atom stereocenters. The van der Waals surface area contributed by atoms with Crippen molar-refractivity contribution in [2.24, 2.45) is 0 Å². The molecular weight excluding hydrogens is 344 g/mol. The van der Waals surface area contributed by atoms with E-state index < -0.39 is 0 Å². The zero-order valence-corrected chi connectivity index (χ0v) is 15.5. The number of hydrogen-bond donors (Lipinski definition) is 1. The first-order valence-electron chi connectivity index (χ1n) is 9.41. The molecule has 3 nitrogen and oxygen atoms in total. The van der Waals surface area contributed by atoms with Crippen LogP contribution in [-0.4, -0.2) is 10.5 Å². The maximum Gasteiger partial charge on any atom is 0.232 e. The quantitative estimate of drug-likeness (QED) is 0.516. The Morgan fingerprint density at radius 3 is 1.79 bits per heavy atom. The molecule has 0 atom stereocenters. The number of rotatable bonds is 6. The predicted molar refractivity (Wildman–Crippen MR) is 112 cm³/mol.